The second-order valence-electron chi connectivity index (χ2n) is 7.64. The molecule has 5 nitrogen and oxygen atoms in total. The maximum Gasteiger partial charge on any atom is 0.271 e. The quantitative estimate of drug-likeness (QED) is 0.326. The Kier molecular flexibility index (Phi) is 6.46. The first kappa shape index (κ1) is 21.1. The molecule has 1 N–H and O–H groups in total. The summed E-state index contributed by atoms with van der Waals surface area (Å²) in [7, 11) is 3.92. The predicted molar refractivity (Wildman–Crippen MR) is 131 cm³/mol. The Morgan fingerprint density at radius 1 is 0.938 bits per heavy atom. The van der Waals surface area contributed by atoms with Gasteiger partial charge in [0.25, 0.3) is 5.91 Å². The molecule has 0 aliphatic carbocycles. The van der Waals surface area contributed by atoms with Crippen LogP contribution in [-0.4, -0.2) is 26.2 Å². The summed E-state index contributed by atoms with van der Waals surface area (Å²) in [6.07, 6.45) is 1.61. The van der Waals surface area contributed by atoms with Gasteiger partial charge >= 0.3 is 0 Å². The molecule has 32 heavy (non-hydrogen) atoms. The van der Waals surface area contributed by atoms with Gasteiger partial charge in [-0.05, 0) is 58.3 Å². The molecule has 1 amide bonds. The first-order valence-electron chi connectivity index (χ1n) is 10.4. The van der Waals surface area contributed by atoms with E-state index in [1.54, 1.807) is 18.3 Å². The van der Waals surface area contributed by atoms with E-state index < -0.39 is 0 Å². The van der Waals surface area contributed by atoms with Crippen LogP contribution >= 0.6 is 0 Å². The molecule has 0 heterocycles. The fraction of sp³-hybridized carbons (Fsp3) is 0.111. The summed E-state index contributed by atoms with van der Waals surface area (Å²) in [5.74, 6) is 0.488. The third-order valence-electron chi connectivity index (χ3n) is 5.16. The van der Waals surface area contributed by atoms with Gasteiger partial charge in [0.15, 0.2) is 0 Å². The fourth-order valence-electron chi connectivity index (χ4n) is 3.41. The van der Waals surface area contributed by atoms with Crippen LogP contribution in [0.1, 0.15) is 21.5 Å². The molecule has 0 saturated heterocycles. The third-order valence-corrected chi connectivity index (χ3v) is 5.16. The van der Waals surface area contributed by atoms with Crippen LogP contribution in [0.4, 0.5) is 5.69 Å². The van der Waals surface area contributed by atoms with Gasteiger partial charge in [0.1, 0.15) is 12.4 Å². The van der Waals surface area contributed by atoms with E-state index in [1.165, 1.54) is 10.8 Å². The summed E-state index contributed by atoms with van der Waals surface area (Å²) < 4.78 is 6.02. The molecule has 0 unspecified atom stereocenters. The average Bonchev–Trinajstić information content (AvgIpc) is 2.83. The summed E-state index contributed by atoms with van der Waals surface area (Å²) in [6.45, 7) is 0.474. The maximum absolute atomic E-state index is 12.3. The van der Waals surface area contributed by atoms with E-state index in [-0.39, 0.29) is 5.91 Å². The lowest BCUT2D eigenvalue weighted by Gasteiger charge is -2.12. The van der Waals surface area contributed by atoms with Crippen molar-refractivity contribution in [3.05, 3.63) is 108 Å². The topological polar surface area (TPSA) is 53.9 Å². The van der Waals surface area contributed by atoms with E-state index in [0.717, 1.165) is 22.6 Å². The number of ether oxygens (including phenoxy) is 1. The summed E-state index contributed by atoms with van der Waals surface area (Å²) in [5.41, 5.74) is 6.13. The first-order chi connectivity index (χ1) is 15.6. The van der Waals surface area contributed by atoms with Crippen LogP contribution in [0, 0.1) is 0 Å². The summed E-state index contributed by atoms with van der Waals surface area (Å²) in [5, 5.41) is 6.47. The number of carbonyl (C=O) groups excluding carboxylic acids is 1. The predicted octanol–water partition coefficient (Wildman–Crippen LogP) is 5.25. The minimum absolute atomic E-state index is 0.255. The first-order valence-corrected chi connectivity index (χ1v) is 10.4. The van der Waals surface area contributed by atoms with E-state index in [4.69, 9.17) is 4.74 Å². The van der Waals surface area contributed by atoms with Gasteiger partial charge in [-0.25, -0.2) is 5.43 Å². The van der Waals surface area contributed by atoms with Crippen molar-refractivity contribution in [3.63, 3.8) is 0 Å². The molecule has 0 aromatic heterocycles. The summed E-state index contributed by atoms with van der Waals surface area (Å²) in [6, 6.07) is 29.5. The molecule has 0 aliphatic heterocycles. The number of anilines is 1. The Labute approximate surface area is 188 Å². The third kappa shape index (κ3) is 5.13. The lowest BCUT2D eigenvalue weighted by atomic mass is 10.1. The maximum atomic E-state index is 12.3. The highest BCUT2D eigenvalue weighted by Crippen LogP contribution is 2.21. The van der Waals surface area contributed by atoms with Crippen LogP contribution in [0.5, 0.6) is 5.75 Å². The molecule has 0 saturated carbocycles. The van der Waals surface area contributed by atoms with Gasteiger partial charge in [0.2, 0.25) is 0 Å². The fourth-order valence-corrected chi connectivity index (χ4v) is 3.41. The van der Waals surface area contributed by atoms with Crippen LogP contribution in [-0.2, 0) is 6.61 Å². The Balaban J connectivity index is 1.37. The van der Waals surface area contributed by atoms with Crippen LogP contribution in [0.2, 0.25) is 0 Å². The van der Waals surface area contributed by atoms with Crippen molar-refractivity contribution in [3.8, 4) is 5.75 Å². The van der Waals surface area contributed by atoms with Crippen molar-refractivity contribution in [2.75, 3.05) is 19.0 Å². The Bertz CT molecular complexity index is 1240. The molecule has 0 bridgehead atoms. The SMILES string of the molecule is CN(C)c1ccc(C(=O)N/N=C\c2cccc(OCc3cccc4ccccc34)c2)cc1. The highest BCUT2D eigenvalue weighted by Gasteiger charge is 2.05. The van der Waals surface area contributed by atoms with E-state index in [9.17, 15) is 4.79 Å². The number of hydrogen-bond donors (Lipinski definition) is 1. The molecule has 4 aromatic carbocycles. The molecule has 0 fully saturated rings. The molecule has 0 radical (unpaired) electrons. The van der Waals surface area contributed by atoms with Crippen LogP contribution in [0.3, 0.4) is 0 Å². The summed E-state index contributed by atoms with van der Waals surface area (Å²) in [4.78, 5) is 14.3. The number of hydrogen-bond acceptors (Lipinski definition) is 4. The number of nitrogens with one attached hydrogen (secondary N) is 1. The molecule has 0 aliphatic rings. The highest BCUT2D eigenvalue weighted by atomic mass is 16.5. The van der Waals surface area contributed by atoms with Crippen molar-refractivity contribution in [2.24, 2.45) is 5.10 Å². The van der Waals surface area contributed by atoms with Crippen molar-refractivity contribution >= 4 is 28.6 Å². The van der Waals surface area contributed by atoms with Gasteiger partial charge in [-0.3, -0.25) is 4.79 Å². The minimum atomic E-state index is -0.255. The number of amides is 1. The zero-order valence-electron chi connectivity index (χ0n) is 18.2. The smallest absolute Gasteiger partial charge is 0.271 e. The number of nitrogens with zero attached hydrogens (tertiary/aromatic N) is 2. The average molecular weight is 424 g/mol. The van der Waals surface area contributed by atoms with Gasteiger partial charge in [0, 0.05) is 25.3 Å². The second kappa shape index (κ2) is 9.79. The summed E-state index contributed by atoms with van der Waals surface area (Å²) >= 11 is 0. The van der Waals surface area contributed by atoms with Gasteiger partial charge in [0.05, 0.1) is 6.21 Å². The standard InChI is InChI=1S/C27H25N3O2/c1-30(2)24-15-13-22(14-16-24)27(31)29-28-18-20-7-5-11-25(17-20)32-19-23-10-6-9-21-8-3-4-12-26(21)23/h3-18H,19H2,1-2H3,(H,29,31)/b28-18-. The van der Waals surface area contributed by atoms with Crippen LogP contribution < -0.4 is 15.1 Å². The zero-order chi connectivity index (χ0) is 22.3. The number of fused-ring (bicyclic) bond motifs is 1. The molecule has 160 valence electrons. The lowest BCUT2D eigenvalue weighted by Crippen LogP contribution is -2.17. The Hall–Kier alpha value is -4.12. The number of rotatable bonds is 7. The van der Waals surface area contributed by atoms with E-state index in [0.29, 0.717) is 12.2 Å². The lowest BCUT2D eigenvalue weighted by molar-refractivity contribution is 0.0955. The number of benzene rings is 4. The monoisotopic (exact) mass is 423 g/mol. The molecular weight excluding hydrogens is 398 g/mol. The number of carbonyl (C=O) groups is 1. The van der Waals surface area contributed by atoms with Gasteiger partial charge in [-0.15, -0.1) is 0 Å². The van der Waals surface area contributed by atoms with Gasteiger partial charge in [-0.1, -0.05) is 54.6 Å². The zero-order valence-corrected chi connectivity index (χ0v) is 18.2. The Morgan fingerprint density at radius 3 is 2.50 bits per heavy atom. The van der Waals surface area contributed by atoms with Crippen molar-refractivity contribution in [2.45, 2.75) is 6.61 Å². The van der Waals surface area contributed by atoms with Crippen molar-refractivity contribution in [1.82, 2.24) is 5.43 Å². The molecule has 0 spiro atoms. The van der Waals surface area contributed by atoms with Crippen LogP contribution in [0.15, 0.2) is 96.1 Å². The van der Waals surface area contributed by atoms with Crippen molar-refractivity contribution < 1.29 is 9.53 Å². The molecule has 5 heteroatoms. The molecule has 0 atom stereocenters. The second-order valence-corrected chi connectivity index (χ2v) is 7.64. The largest absolute Gasteiger partial charge is 0.489 e. The highest BCUT2D eigenvalue weighted by molar-refractivity contribution is 5.95. The van der Waals surface area contributed by atoms with E-state index in [1.807, 2.05) is 73.6 Å². The van der Waals surface area contributed by atoms with Crippen molar-refractivity contribution in [1.29, 1.82) is 0 Å². The Morgan fingerprint density at radius 2 is 1.69 bits per heavy atom. The van der Waals surface area contributed by atoms with Gasteiger partial charge in [-0.2, -0.15) is 5.10 Å². The van der Waals surface area contributed by atoms with Gasteiger partial charge < -0.3 is 9.64 Å². The van der Waals surface area contributed by atoms with Crippen LogP contribution in [0.25, 0.3) is 10.8 Å². The normalized spacial score (nSPS) is 10.9. The van der Waals surface area contributed by atoms with E-state index in [2.05, 4.69) is 34.8 Å². The minimum Gasteiger partial charge on any atom is -0.489 e. The van der Waals surface area contributed by atoms with E-state index >= 15 is 0 Å². The number of hydrazone groups is 1. The molecule has 4 rings (SSSR count). The molecule has 4 aromatic rings. The molecular formula is C27H25N3O2.